The largest absolute Gasteiger partial charge is 0.301 e. The summed E-state index contributed by atoms with van der Waals surface area (Å²) >= 11 is 0. The van der Waals surface area contributed by atoms with Gasteiger partial charge in [-0.3, -0.25) is 0 Å². The molecule has 0 aliphatic carbocycles. The quantitative estimate of drug-likeness (QED) is 0.777. The highest BCUT2D eigenvalue weighted by Gasteiger charge is 2.21. The average Bonchev–Trinajstić information content (AvgIpc) is 2.39. The van der Waals surface area contributed by atoms with E-state index in [0.717, 1.165) is 5.56 Å². The van der Waals surface area contributed by atoms with E-state index in [-0.39, 0.29) is 0 Å². The molecule has 1 aliphatic heterocycles. The fourth-order valence-electron chi connectivity index (χ4n) is 2.58. The SMILES string of the molecule is CC(C)N1CCC(c2ccc(C#N)cc2)CC1. The molecule has 2 nitrogen and oxygen atoms in total. The van der Waals surface area contributed by atoms with Crippen LogP contribution in [0, 0.1) is 11.3 Å². The van der Waals surface area contributed by atoms with Crippen molar-refractivity contribution in [1.82, 2.24) is 4.90 Å². The summed E-state index contributed by atoms with van der Waals surface area (Å²) in [5.74, 6) is 0.678. The molecule has 0 amide bonds. The predicted octanol–water partition coefficient (Wildman–Crippen LogP) is 3.15. The van der Waals surface area contributed by atoms with Crippen LogP contribution in [0.15, 0.2) is 24.3 Å². The summed E-state index contributed by atoms with van der Waals surface area (Å²) in [5.41, 5.74) is 2.15. The van der Waals surface area contributed by atoms with Gasteiger partial charge >= 0.3 is 0 Å². The van der Waals surface area contributed by atoms with Crippen LogP contribution in [0.4, 0.5) is 0 Å². The molecule has 0 aromatic heterocycles. The summed E-state index contributed by atoms with van der Waals surface area (Å²) in [6, 6.07) is 10.9. The number of nitrogens with zero attached hydrogens (tertiary/aromatic N) is 2. The zero-order valence-corrected chi connectivity index (χ0v) is 10.7. The fourth-order valence-corrected chi connectivity index (χ4v) is 2.58. The van der Waals surface area contributed by atoms with Gasteiger partial charge in [0.25, 0.3) is 0 Å². The topological polar surface area (TPSA) is 27.0 Å². The van der Waals surface area contributed by atoms with E-state index in [0.29, 0.717) is 12.0 Å². The predicted molar refractivity (Wildman–Crippen MR) is 69.8 cm³/mol. The van der Waals surface area contributed by atoms with Gasteiger partial charge in [-0.25, -0.2) is 0 Å². The lowest BCUT2D eigenvalue weighted by Crippen LogP contribution is -2.37. The number of hydrogen-bond acceptors (Lipinski definition) is 2. The molecule has 0 spiro atoms. The van der Waals surface area contributed by atoms with E-state index in [9.17, 15) is 0 Å². The minimum Gasteiger partial charge on any atom is -0.301 e. The second-order valence-corrected chi connectivity index (χ2v) is 5.14. The summed E-state index contributed by atoms with van der Waals surface area (Å²) in [6.07, 6.45) is 2.48. The van der Waals surface area contributed by atoms with Crippen LogP contribution in [-0.2, 0) is 0 Å². The maximum atomic E-state index is 8.78. The van der Waals surface area contributed by atoms with Crippen molar-refractivity contribution in [1.29, 1.82) is 5.26 Å². The molecule has 2 heteroatoms. The zero-order chi connectivity index (χ0) is 12.3. The third-order valence-corrected chi connectivity index (χ3v) is 3.77. The van der Waals surface area contributed by atoms with Crippen LogP contribution < -0.4 is 0 Å². The molecule has 0 atom stereocenters. The maximum absolute atomic E-state index is 8.78. The van der Waals surface area contributed by atoms with Crippen LogP contribution in [0.1, 0.15) is 43.7 Å². The van der Waals surface area contributed by atoms with Crippen molar-refractivity contribution in [3.63, 3.8) is 0 Å². The van der Waals surface area contributed by atoms with Gasteiger partial charge in [-0.15, -0.1) is 0 Å². The summed E-state index contributed by atoms with van der Waals surface area (Å²) in [7, 11) is 0. The fraction of sp³-hybridized carbons (Fsp3) is 0.533. The molecule has 1 aliphatic rings. The first-order chi connectivity index (χ1) is 8.20. The van der Waals surface area contributed by atoms with Crippen LogP contribution in [0.5, 0.6) is 0 Å². The molecule has 17 heavy (non-hydrogen) atoms. The lowest BCUT2D eigenvalue weighted by molar-refractivity contribution is 0.172. The monoisotopic (exact) mass is 228 g/mol. The van der Waals surface area contributed by atoms with E-state index < -0.39 is 0 Å². The number of nitriles is 1. The van der Waals surface area contributed by atoms with E-state index in [2.05, 4.69) is 36.9 Å². The highest BCUT2D eigenvalue weighted by atomic mass is 15.1. The van der Waals surface area contributed by atoms with Gasteiger partial charge < -0.3 is 4.90 Å². The van der Waals surface area contributed by atoms with E-state index in [1.807, 2.05) is 12.1 Å². The van der Waals surface area contributed by atoms with Crippen molar-refractivity contribution in [2.24, 2.45) is 0 Å². The van der Waals surface area contributed by atoms with Crippen molar-refractivity contribution < 1.29 is 0 Å². The first kappa shape index (κ1) is 12.1. The van der Waals surface area contributed by atoms with Crippen molar-refractivity contribution in [3.05, 3.63) is 35.4 Å². The Hall–Kier alpha value is -1.33. The highest BCUT2D eigenvalue weighted by molar-refractivity contribution is 5.33. The van der Waals surface area contributed by atoms with Gasteiger partial charge in [0.1, 0.15) is 0 Å². The molecule has 0 N–H and O–H groups in total. The minimum atomic E-state index is 0.664. The maximum Gasteiger partial charge on any atom is 0.0991 e. The Bertz CT molecular complexity index is 392. The van der Waals surface area contributed by atoms with Crippen molar-refractivity contribution in [3.8, 4) is 6.07 Å². The van der Waals surface area contributed by atoms with Crippen LogP contribution in [-0.4, -0.2) is 24.0 Å². The molecular formula is C15H20N2. The third-order valence-electron chi connectivity index (χ3n) is 3.77. The number of benzene rings is 1. The molecule has 0 radical (unpaired) electrons. The molecule has 1 aromatic rings. The Morgan fingerprint density at radius 2 is 1.76 bits per heavy atom. The lowest BCUT2D eigenvalue weighted by atomic mass is 9.88. The van der Waals surface area contributed by atoms with E-state index in [4.69, 9.17) is 5.26 Å². The molecule has 0 bridgehead atoms. The second kappa shape index (κ2) is 5.33. The first-order valence-corrected chi connectivity index (χ1v) is 6.45. The van der Waals surface area contributed by atoms with E-state index in [1.54, 1.807) is 0 Å². The van der Waals surface area contributed by atoms with Gasteiger partial charge in [-0.05, 0) is 63.4 Å². The van der Waals surface area contributed by atoms with E-state index in [1.165, 1.54) is 31.5 Å². The molecule has 0 unspecified atom stereocenters. The van der Waals surface area contributed by atoms with Crippen molar-refractivity contribution in [2.75, 3.05) is 13.1 Å². The van der Waals surface area contributed by atoms with Gasteiger partial charge in [0.05, 0.1) is 11.6 Å². The summed E-state index contributed by atoms with van der Waals surface area (Å²) < 4.78 is 0. The van der Waals surface area contributed by atoms with Crippen LogP contribution >= 0.6 is 0 Å². The second-order valence-electron chi connectivity index (χ2n) is 5.14. The highest BCUT2D eigenvalue weighted by Crippen LogP contribution is 2.28. The standard InChI is InChI=1S/C15H20N2/c1-12(2)17-9-7-15(8-10-17)14-5-3-13(11-16)4-6-14/h3-6,12,15H,7-10H2,1-2H3. The molecule has 1 saturated heterocycles. The molecule has 1 fully saturated rings. The van der Waals surface area contributed by atoms with Gasteiger partial charge in [0.15, 0.2) is 0 Å². The Balaban J connectivity index is 1.98. The Kier molecular flexibility index (Phi) is 3.81. The number of piperidine rings is 1. The number of hydrogen-bond donors (Lipinski definition) is 0. The van der Waals surface area contributed by atoms with Crippen molar-refractivity contribution >= 4 is 0 Å². The van der Waals surface area contributed by atoms with Crippen LogP contribution in [0.25, 0.3) is 0 Å². The molecule has 2 rings (SSSR count). The van der Waals surface area contributed by atoms with Crippen molar-refractivity contribution in [2.45, 2.75) is 38.6 Å². The van der Waals surface area contributed by atoms with Gasteiger partial charge in [-0.1, -0.05) is 12.1 Å². The lowest BCUT2D eigenvalue weighted by Gasteiger charge is -2.34. The van der Waals surface area contributed by atoms with E-state index >= 15 is 0 Å². The summed E-state index contributed by atoms with van der Waals surface area (Å²) in [6.45, 7) is 6.93. The van der Waals surface area contributed by atoms with Crippen LogP contribution in [0.2, 0.25) is 0 Å². The first-order valence-electron chi connectivity index (χ1n) is 6.45. The van der Waals surface area contributed by atoms with Crippen LogP contribution in [0.3, 0.4) is 0 Å². The Morgan fingerprint density at radius 3 is 2.24 bits per heavy atom. The normalized spacial score (nSPS) is 18.2. The Labute approximate surface area is 104 Å². The summed E-state index contributed by atoms with van der Waals surface area (Å²) in [4.78, 5) is 2.54. The summed E-state index contributed by atoms with van der Waals surface area (Å²) in [5, 5.41) is 8.78. The molecule has 1 aromatic carbocycles. The smallest absolute Gasteiger partial charge is 0.0991 e. The average molecular weight is 228 g/mol. The molecule has 90 valence electrons. The zero-order valence-electron chi connectivity index (χ0n) is 10.7. The number of likely N-dealkylation sites (tertiary alicyclic amines) is 1. The minimum absolute atomic E-state index is 0.664. The van der Waals surface area contributed by atoms with Gasteiger partial charge in [-0.2, -0.15) is 5.26 Å². The molecular weight excluding hydrogens is 208 g/mol. The molecule has 1 heterocycles. The van der Waals surface area contributed by atoms with Gasteiger partial charge in [0.2, 0.25) is 0 Å². The number of rotatable bonds is 2. The third kappa shape index (κ3) is 2.87. The van der Waals surface area contributed by atoms with Gasteiger partial charge in [0, 0.05) is 6.04 Å². The Morgan fingerprint density at radius 1 is 1.18 bits per heavy atom. The molecule has 0 saturated carbocycles.